The number of morpholine rings is 1. The normalized spacial score (nSPS) is 13.4. The minimum Gasteiger partial charge on any atom is -0.378 e. The van der Waals surface area contributed by atoms with Crippen LogP contribution in [0, 0.1) is 0 Å². The highest BCUT2D eigenvalue weighted by Gasteiger charge is 2.20. The monoisotopic (exact) mass is 536 g/mol. The number of imidazole rings is 1. The molecule has 202 valence electrons. The van der Waals surface area contributed by atoms with Gasteiger partial charge in [-0.3, -0.25) is 19.0 Å². The van der Waals surface area contributed by atoms with E-state index in [2.05, 4.69) is 37.2 Å². The summed E-state index contributed by atoms with van der Waals surface area (Å²) in [7, 11) is 1.88. The Hall–Kier alpha value is -5.10. The maximum absolute atomic E-state index is 11.5. The van der Waals surface area contributed by atoms with Gasteiger partial charge in [-0.25, -0.2) is 4.98 Å². The Bertz CT molecular complexity index is 1650. The molecule has 5 heterocycles. The van der Waals surface area contributed by atoms with Crippen molar-refractivity contribution in [1.29, 1.82) is 0 Å². The topological polar surface area (TPSA) is 128 Å². The molecule has 1 aromatic carbocycles. The zero-order valence-corrected chi connectivity index (χ0v) is 22.0. The lowest BCUT2D eigenvalue weighted by Gasteiger charge is -2.27. The van der Waals surface area contributed by atoms with Crippen LogP contribution in [0.1, 0.15) is 5.69 Å². The Morgan fingerprint density at radius 3 is 2.55 bits per heavy atom. The second-order valence-electron chi connectivity index (χ2n) is 9.29. The molecule has 5 aromatic rings. The predicted octanol–water partition coefficient (Wildman–Crippen LogP) is 3.18. The van der Waals surface area contributed by atoms with Crippen molar-refractivity contribution < 1.29 is 9.53 Å². The van der Waals surface area contributed by atoms with Gasteiger partial charge < -0.3 is 20.3 Å². The lowest BCUT2D eigenvalue weighted by Crippen LogP contribution is -2.37. The molecule has 12 nitrogen and oxygen atoms in total. The van der Waals surface area contributed by atoms with Gasteiger partial charge in [-0.15, -0.1) is 0 Å². The number of amides is 1. The summed E-state index contributed by atoms with van der Waals surface area (Å²) in [5, 5.41) is 10.5. The first-order valence-corrected chi connectivity index (χ1v) is 12.9. The summed E-state index contributed by atoms with van der Waals surface area (Å²) in [4.78, 5) is 32.6. The van der Waals surface area contributed by atoms with E-state index in [4.69, 9.17) is 14.7 Å². The van der Waals surface area contributed by atoms with Gasteiger partial charge in [0.1, 0.15) is 6.33 Å². The Morgan fingerprint density at radius 2 is 1.85 bits per heavy atom. The lowest BCUT2D eigenvalue weighted by atomic mass is 10.1. The number of nitrogens with zero attached hydrogens (tertiary/aromatic N) is 8. The van der Waals surface area contributed by atoms with Crippen LogP contribution in [0.15, 0.2) is 74.0 Å². The van der Waals surface area contributed by atoms with Gasteiger partial charge in [0.15, 0.2) is 17.0 Å². The summed E-state index contributed by atoms with van der Waals surface area (Å²) < 4.78 is 9.18. The van der Waals surface area contributed by atoms with Gasteiger partial charge in [0, 0.05) is 43.8 Å². The van der Waals surface area contributed by atoms with Crippen LogP contribution in [-0.4, -0.2) is 66.5 Å². The van der Waals surface area contributed by atoms with E-state index >= 15 is 0 Å². The first-order chi connectivity index (χ1) is 19.6. The number of hydrogen-bond acceptors (Lipinski definition) is 9. The van der Waals surface area contributed by atoms with E-state index < -0.39 is 0 Å². The molecule has 1 aliphatic rings. The number of aryl methyl sites for hydroxylation is 1. The average molecular weight is 537 g/mol. The van der Waals surface area contributed by atoms with Crippen LogP contribution in [0.4, 0.5) is 17.5 Å². The highest BCUT2D eigenvalue weighted by molar-refractivity contribution is 5.99. The van der Waals surface area contributed by atoms with E-state index in [0.29, 0.717) is 48.4 Å². The van der Waals surface area contributed by atoms with Crippen LogP contribution < -0.4 is 15.5 Å². The van der Waals surface area contributed by atoms with Crippen molar-refractivity contribution in [2.75, 3.05) is 41.8 Å². The molecular formula is C28H28N10O2. The van der Waals surface area contributed by atoms with Crippen LogP contribution in [0.2, 0.25) is 0 Å². The number of rotatable bonds is 8. The number of aromatic nitrogens is 7. The van der Waals surface area contributed by atoms with Crippen molar-refractivity contribution >= 4 is 34.5 Å². The van der Waals surface area contributed by atoms with Crippen molar-refractivity contribution in [2.45, 2.75) is 6.54 Å². The van der Waals surface area contributed by atoms with Gasteiger partial charge in [0.25, 0.3) is 0 Å². The Balaban J connectivity index is 1.23. The van der Waals surface area contributed by atoms with Crippen molar-refractivity contribution in [3.05, 3.63) is 79.7 Å². The summed E-state index contributed by atoms with van der Waals surface area (Å²) in [5.74, 6) is 1.02. The minimum atomic E-state index is -0.242. The third kappa shape index (κ3) is 5.24. The number of anilines is 3. The fourth-order valence-corrected chi connectivity index (χ4v) is 4.45. The molecule has 40 heavy (non-hydrogen) atoms. The molecule has 1 amide bonds. The molecule has 1 saturated heterocycles. The van der Waals surface area contributed by atoms with Crippen LogP contribution in [0.25, 0.3) is 28.0 Å². The maximum Gasteiger partial charge on any atom is 0.247 e. The standard InChI is InChI=1S/C28H28N10O2/c1-3-24(39)33-21-7-4-19(5-8-21)20-6-9-22(29-14-20)15-30-26-25-27(35-28(34-26)37-10-12-40-13-11-37)38(18-31-25)23-16-32-36(2)17-23/h3-9,14,16-18H,1,10-13,15H2,2H3,(H,33,39)(H,30,34,35). The summed E-state index contributed by atoms with van der Waals surface area (Å²) in [5.41, 5.74) is 5.77. The molecule has 2 N–H and O–H groups in total. The van der Waals surface area contributed by atoms with Gasteiger partial charge in [-0.05, 0) is 29.8 Å². The highest BCUT2D eigenvalue weighted by Crippen LogP contribution is 2.26. The first kappa shape index (κ1) is 25.2. The van der Waals surface area contributed by atoms with Gasteiger partial charge in [0.05, 0.1) is 37.3 Å². The SMILES string of the molecule is C=CC(=O)Nc1ccc(-c2ccc(CNc3nc(N4CCOCC4)nc4c3ncn4-c3cnn(C)c3)nc2)cc1. The molecule has 0 bridgehead atoms. The van der Waals surface area contributed by atoms with Gasteiger partial charge in [0.2, 0.25) is 11.9 Å². The van der Waals surface area contributed by atoms with E-state index in [1.165, 1.54) is 6.08 Å². The smallest absolute Gasteiger partial charge is 0.247 e. The van der Waals surface area contributed by atoms with Crippen LogP contribution in [-0.2, 0) is 23.1 Å². The van der Waals surface area contributed by atoms with E-state index in [1.54, 1.807) is 17.2 Å². The maximum atomic E-state index is 11.5. The average Bonchev–Trinajstić information content (AvgIpc) is 3.63. The second-order valence-corrected chi connectivity index (χ2v) is 9.29. The summed E-state index contributed by atoms with van der Waals surface area (Å²) in [6.45, 7) is 6.64. The second kappa shape index (κ2) is 10.9. The number of pyridine rings is 1. The minimum absolute atomic E-state index is 0.242. The molecule has 1 aliphatic heterocycles. The molecule has 0 radical (unpaired) electrons. The quantitative estimate of drug-likeness (QED) is 0.287. The molecule has 0 saturated carbocycles. The van der Waals surface area contributed by atoms with E-state index in [1.807, 2.05) is 60.4 Å². The fraction of sp³-hybridized carbons (Fsp3) is 0.214. The number of hydrogen-bond donors (Lipinski definition) is 2. The highest BCUT2D eigenvalue weighted by atomic mass is 16.5. The van der Waals surface area contributed by atoms with Gasteiger partial charge in [-0.2, -0.15) is 15.1 Å². The third-order valence-electron chi connectivity index (χ3n) is 6.58. The molecule has 0 spiro atoms. The first-order valence-electron chi connectivity index (χ1n) is 12.9. The third-order valence-corrected chi connectivity index (χ3v) is 6.58. The number of carbonyl (C=O) groups is 1. The number of carbonyl (C=O) groups excluding carboxylic acids is 1. The summed E-state index contributed by atoms with van der Waals surface area (Å²) in [6, 6.07) is 11.6. The van der Waals surface area contributed by atoms with Crippen molar-refractivity contribution in [1.82, 2.24) is 34.3 Å². The molecule has 12 heteroatoms. The number of benzene rings is 1. The number of fused-ring (bicyclic) bond motifs is 1. The van der Waals surface area contributed by atoms with Crippen molar-refractivity contribution in [3.8, 4) is 16.8 Å². The van der Waals surface area contributed by atoms with Crippen molar-refractivity contribution in [3.63, 3.8) is 0 Å². The fourth-order valence-electron chi connectivity index (χ4n) is 4.45. The lowest BCUT2D eigenvalue weighted by molar-refractivity contribution is -0.111. The Kier molecular flexibility index (Phi) is 6.89. The molecule has 0 atom stereocenters. The molecule has 0 unspecified atom stereocenters. The van der Waals surface area contributed by atoms with Gasteiger partial charge >= 0.3 is 0 Å². The summed E-state index contributed by atoms with van der Waals surface area (Å²) in [6.07, 6.45) is 8.51. The summed E-state index contributed by atoms with van der Waals surface area (Å²) >= 11 is 0. The van der Waals surface area contributed by atoms with E-state index in [-0.39, 0.29) is 5.91 Å². The van der Waals surface area contributed by atoms with Crippen LogP contribution >= 0.6 is 0 Å². The van der Waals surface area contributed by atoms with Crippen LogP contribution in [0.5, 0.6) is 0 Å². The number of ether oxygens (including phenoxy) is 1. The van der Waals surface area contributed by atoms with Gasteiger partial charge in [-0.1, -0.05) is 24.8 Å². The van der Waals surface area contributed by atoms with Crippen molar-refractivity contribution in [2.24, 2.45) is 7.05 Å². The largest absolute Gasteiger partial charge is 0.378 e. The zero-order chi connectivity index (χ0) is 27.5. The van der Waals surface area contributed by atoms with E-state index in [0.717, 1.165) is 35.6 Å². The molecule has 0 aliphatic carbocycles. The number of nitrogens with one attached hydrogen (secondary N) is 2. The molecule has 4 aromatic heterocycles. The zero-order valence-electron chi connectivity index (χ0n) is 22.0. The molecular weight excluding hydrogens is 508 g/mol. The molecule has 1 fully saturated rings. The molecule has 6 rings (SSSR count). The Morgan fingerprint density at radius 1 is 1.05 bits per heavy atom. The van der Waals surface area contributed by atoms with E-state index in [9.17, 15) is 4.79 Å². The van der Waals surface area contributed by atoms with Crippen LogP contribution in [0.3, 0.4) is 0 Å². The predicted molar refractivity (Wildman–Crippen MR) is 152 cm³/mol. The Labute approximate surface area is 230 Å².